The Kier molecular flexibility index (Phi) is 2.00. The molecular weight excluding hydrogens is 160 g/mol. The van der Waals surface area contributed by atoms with Gasteiger partial charge in [0.2, 0.25) is 0 Å². The molecule has 0 radical (unpaired) electrons. The summed E-state index contributed by atoms with van der Waals surface area (Å²) in [5.41, 5.74) is 0.966. The highest BCUT2D eigenvalue weighted by atomic mass is 32.2. The lowest BCUT2D eigenvalue weighted by molar-refractivity contribution is 0.602. The molecule has 0 spiro atoms. The molecule has 0 atom stereocenters. The predicted molar refractivity (Wildman–Crippen MR) is 44.3 cm³/mol. The molecule has 1 rings (SSSR count). The zero-order valence-corrected chi connectivity index (χ0v) is 7.35. The molecule has 0 amide bonds. The molecule has 3 heteroatoms. The van der Waals surface area contributed by atoms with E-state index in [0.717, 1.165) is 5.56 Å². The molecule has 0 aliphatic heterocycles. The van der Waals surface area contributed by atoms with Gasteiger partial charge >= 0.3 is 0 Å². The Morgan fingerprint density at radius 2 is 1.91 bits per heavy atom. The summed E-state index contributed by atoms with van der Waals surface area (Å²) in [7, 11) is -3.03. The third-order valence-corrected chi connectivity index (χ3v) is 2.53. The van der Waals surface area contributed by atoms with Crippen LogP contribution in [0.4, 0.5) is 0 Å². The van der Waals surface area contributed by atoms with E-state index in [-0.39, 0.29) is 0 Å². The largest absolute Gasteiger partial charge is 0.224 e. The molecule has 0 unspecified atom stereocenters. The summed E-state index contributed by atoms with van der Waals surface area (Å²) in [6, 6.07) is 6.87. The van der Waals surface area contributed by atoms with Crippen LogP contribution < -0.4 is 0 Å². The molecule has 0 heterocycles. The number of rotatable bonds is 1. The van der Waals surface area contributed by atoms with Crippen LogP contribution in [0.2, 0.25) is 0 Å². The van der Waals surface area contributed by atoms with Crippen molar-refractivity contribution in [3.05, 3.63) is 29.8 Å². The Labute approximate surface area is 66.8 Å². The fraction of sp³-hybridized carbons (Fsp3) is 0.250. The normalized spacial score (nSPS) is 11.5. The summed E-state index contributed by atoms with van der Waals surface area (Å²) in [6.07, 6.45) is 1.21. The van der Waals surface area contributed by atoms with Crippen LogP contribution >= 0.6 is 0 Å². The molecule has 0 aliphatic carbocycles. The molecule has 0 bridgehead atoms. The van der Waals surface area contributed by atoms with Gasteiger partial charge in [0.25, 0.3) is 0 Å². The third-order valence-electron chi connectivity index (χ3n) is 1.42. The summed E-state index contributed by atoms with van der Waals surface area (Å²) < 4.78 is 22.0. The Balaban J connectivity index is 3.28. The van der Waals surface area contributed by atoms with Gasteiger partial charge in [-0.15, -0.1) is 0 Å². The summed E-state index contributed by atoms with van der Waals surface area (Å²) in [5, 5.41) is 0. The molecule has 0 fully saturated rings. The fourth-order valence-corrected chi connectivity index (χ4v) is 1.57. The molecule has 1 aromatic carbocycles. The van der Waals surface area contributed by atoms with E-state index in [9.17, 15) is 8.42 Å². The first-order chi connectivity index (χ1) is 5.00. The van der Waals surface area contributed by atoms with Crippen molar-refractivity contribution in [2.75, 3.05) is 6.26 Å². The van der Waals surface area contributed by atoms with Gasteiger partial charge in [-0.05, 0) is 24.6 Å². The highest BCUT2D eigenvalue weighted by molar-refractivity contribution is 7.90. The second-order valence-electron chi connectivity index (χ2n) is 2.59. The zero-order chi connectivity index (χ0) is 8.48. The van der Waals surface area contributed by atoms with Crippen LogP contribution in [0.5, 0.6) is 0 Å². The van der Waals surface area contributed by atoms with E-state index in [2.05, 4.69) is 0 Å². The number of sulfone groups is 1. The van der Waals surface area contributed by atoms with Gasteiger partial charge in [-0.2, -0.15) is 0 Å². The average Bonchev–Trinajstić information content (AvgIpc) is 1.86. The third kappa shape index (κ3) is 2.05. The molecule has 0 aliphatic rings. The minimum absolute atomic E-state index is 0.387. The summed E-state index contributed by atoms with van der Waals surface area (Å²) in [4.78, 5) is 0.387. The molecular formula is C8H10O2S. The van der Waals surface area contributed by atoms with Gasteiger partial charge in [0, 0.05) is 6.26 Å². The van der Waals surface area contributed by atoms with Gasteiger partial charge in [0.05, 0.1) is 4.90 Å². The van der Waals surface area contributed by atoms with E-state index in [4.69, 9.17) is 0 Å². The molecule has 0 aromatic heterocycles. The van der Waals surface area contributed by atoms with Crippen molar-refractivity contribution >= 4 is 9.84 Å². The highest BCUT2D eigenvalue weighted by Crippen LogP contribution is 2.09. The Bertz CT molecular complexity index is 352. The van der Waals surface area contributed by atoms with Gasteiger partial charge in [0.1, 0.15) is 0 Å². The van der Waals surface area contributed by atoms with E-state index in [1.807, 2.05) is 13.0 Å². The van der Waals surface area contributed by atoms with Crippen LogP contribution in [-0.4, -0.2) is 14.7 Å². The van der Waals surface area contributed by atoms with Crippen molar-refractivity contribution in [1.82, 2.24) is 0 Å². The molecule has 0 N–H and O–H groups in total. The maximum atomic E-state index is 11.0. The maximum absolute atomic E-state index is 11.0. The molecule has 11 heavy (non-hydrogen) atoms. The molecule has 2 nitrogen and oxygen atoms in total. The van der Waals surface area contributed by atoms with Crippen LogP contribution in [0.25, 0.3) is 0 Å². The highest BCUT2D eigenvalue weighted by Gasteiger charge is 2.04. The van der Waals surface area contributed by atoms with E-state index >= 15 is 0 Å². The Morgan fingerprint density at radius 3 is 2.27 bits per heavy atom. The number of hydrogen-bond donors (Lipinski definition) is 0. The van der Waals surface area contributed by atoms with E-state index in [0.29, 0.717) is 4.90 Å². The van der Waals surface area contributed by atoms with Crippen LogP contribution in [0.3, 0.4) is 0 Å². The van der Waals surface area contributed by atoms with Crippen molar-refractivity contribution in [1.29, 1.82) is 0 Å². The average molecular weight is 170 g/mol. The SMILES string of the molecule is Cc1cccc(S(C)(=O)=O)c1. The van der Waals surface area contributed by atoms with Gasteiger partial charge in [-0.25, -0.2) is 8.42 Å². The first-order valence-corrected chi connectivity index (χ1v) is 5.16. The number of benzene rings is 1. The first kappa shape index (κ1) is 8.27. The zero-order valence-electron chi connectivity index (χ0n) is 6.53. The lowest BCUT2D eigenvalue weighted by Gasteiger charge is -1.97. The van der Waals surface area contributed by atoms with Crippen molar-refractivity contribution in [3.8, 4) is 0 Å². The van der Waals surface area contributed by atoms with Gasteiger partial charge in [0.15, 0.2) is 9.84 Å². The maximum Gasteiger partial charge on any atom is 0.175 e. The topological polar surface area (TPSA) is 34.1 Å². The van der Waals surface area contributed by atoms with Gasteiger partial charge in [-0.1, -0.05) is 12.1 Å². The molecule has 0 saturated heterocycles. The Morgan fingerprint density at radius 1 is 1.27 bits per heavy atom. The van der Waals surface area contributed by atoms with E-state index in [1.54, 1.807) is 18.2 Å². The summed E-state index contributed by atoms with van der Waals surface area (Å²) >= 11 is 0. The standard InChI is InChI=1S/C8H10O2S/c1-7-4-3-5-8(6-7)11(2,9)10/h3-6H,1-2H3. The van der Waals surface area contributed by atoms with E-state index in [1.165, 1.54) is 6.26 Å². The fourth-order valence-electron chi connectivity index (χ4n) is 0.846. The van der Waals surface area contributed by atoms with Crippen LogP contribution in [0.15, 0.2) is 29.2 Å². The van der Waals surface area contributed by atoms with Crippen molar-refractivity contribution < 1.29 is 8.42 Å². The molecule has 0 saturated carbocycles. The van der Waals surface area contributed by atoms with Gasteiger partial charge < -0.3 is 0 Å². The monoisotopic (exact) mass is 170 g/mol. The second-order valence-corrected chi connectivity index (χ2v) is 4.60. The van der Waals surface area contributed by atoms with Crippen molar-refractivity contribution in [2.24, 2.45) is 0 Å². The quantitative estimate of drug-likeness (QED) is 0.638. The number of aryl methyl sites for hydroxylation is 1. The predicted octanol–water partition coefficient (Wildman–Crippen LogP) is 1.40. The molecule has 1 aromatic rings. The molecule has 60 valence electrons. The smallest absolute Gasteiger partial charge is 0.175 e. The van der Waals surface area contributed by atoms with Crippen LogP contribution in [0, 0.1) is 6.92 Å². The van der Waals surface area contributed by atoms with Crippen molar-refractivity contribution in [2.45, 2.75) is 11.8 Å². The lowest BCUT2D eigenvalue weighted by Crippen LogP contribution is -1.96. The van der Waals surface area contributed by atoms with Crippen LogP contribution in [0.1, 0.15) is 5.56 Å². The Hall–Kier alpha value is -0.830. The summed E-state index contributed by atoms with van der Waals surface area (Å²) in [5.74, 6) is 0. The minimum atomic E-state index is -3.03. The lowest BCUT2D eigenvalue weighted by atomic mass is 10.2. The summed E-state index contributed by atoms with van der Waals surface area (Å²) in [6.45, 7) is 1.87. The van der Waals surface area contributed by atoms with Crippen LogP contribution in [-0.2, 0) is 9.84 Å². The van der Waals surface area contributed by atoms with Gasteiger partial charge in [-0.3, -0.25) is 0 Å². The van der Waals surface area contributed by atoms with Crippen molar-refractivity contribution in [3.63, 3.8) is 0 Å². The van der Waals surface area contributed by atoms with E-state index < -0.39 is 9.84 Å². The minimum Gasteiger partial charge on any atom is -0.224 e. The number of hydrogen-bond acceptors (Lipinski definition) is 2. The second kappa shape index (κ2) is 2.66. The first-order valence-electron chi connectivity index (χ1n) is 3.27.